The highest BCUT2D eigenvalue weighted by Crippen LogP contribution is 2.30. The third-order valence-electron chi connectivity index (χ3n) is 4.84. The fourth-order valence-corrected chi connectivity index (χ4v) is 5.29. The summed E-state index contributed by atoms with van der Waals surface area (Å²) in [5.41, 5.74) is 2.02. The van der Waals surface area contributed by atoms with E-state index in [9.17, 15) is 13.2 Å². The fourth-order valence-electron chi connectivity index (χ4n) is 3.13. The number of nitrogens with one attached hydrogen (secondary N) is 2. The van der Waals surface area contributed by atoms with E-state index in [1.165, 1.54) is 12.1 Å². The summed E-state index contributed by atoms with van der Waals surface area (Å²) >= 11 is 12.2. The average Bonchev–Trinajstić information content (AvgIpc) is 3.41. The number of hydrogen-bond donors (Lipinski definition) is 2. The van der Waals surface area contributed by atoms with E-state index in [1.807, 2.05) is 28.8 Å². The molecule has 4 rings (SSSR count). The van der Waals surface area contributed by atoms with Gasteiger partial charge in [0.05, 0.1) is 33.0 Å². The van der Waals surface area contributed by atoms with Gasteiger partial charge < -0.3 is 9.88 Å². The van der Waals surface area contributed by atoms with Gasteiger partial charge in [0.15, 0.2) is 0 Å². The summed E-state index contributed by atoms with van der Waals surface area (Å²) in [6.45, 7) is 1.08. The standard InChI is InChI=1S/C20H20Cl2N4O3S/c21-15-11-16(22)19(30(28,29)25-13-6-7-13)10-14(15)20(27)23-8-3-9-26-12-24-17-4-1-2-5-18(17)26/h1-2,4-5,10-13,25H,3,6-9H2,(H,23,27). The third-order valence-corrected chi connectivity index (χ3v) is 7.14. The molecule has 1 aromatic heterocycles. The Morgan fingerprint density at radius 3 is 2.70 bits per heavy atom. The molecule has 1 fully saturated rings. The summed E-state index contributed by atoms with van der Waals surface area (Å²) in [6.07, 6.45) is 4.03. The minimum absolute atomic E-state index is 0.0170. The molecule has 10 heteroatoms. The molecule has 1 aliphatic rings. The molecule has 0 atom stereocenters. The lowest BCUT2D eigenvalue weighted by Crippen LogP contribution is -2.28. The van der Waals surface area contributed by atoms with Gasteiger partial charge in [-0.25, -0.2) is 18.1 Å². The SMILES string of the molecule is O=C(NCCCn1cnc2ccccc21)c1cc(S(=O)(=O)NC2CC2)c(Cl)cc1Cl. The quantitative estimate of drug-likeness (QED) is 0.495. The van der Waals surface area contributed by atoms with Gasteiger partial charge in [-0.15, -0.1) is 0 Å². The van der Waals surface area contributed by atoms with Gasteiger partial charge in [-0.1, -0.05) is 35.3 Å². The van der Waals surface area contributed by atoms with Crippen LogP contribution in [0.1, 0.15) is 29.6 Å². The predicted molar refractivity (Wildman–Crippen MR) is 116 cm³/mol. The molecule has 30 heavy (non-hydrogen) atoms. The summed E-state index contributed by atoms with van der Waals surface area (Å²) in [4.78, 5) is 16.8. The Morgan fingerprint density at radius 2 is 1.93 bits per heavy atom. The second-order valence-electron chi connectivity index (χ2n) is 7.19. The Bertz CT molecular complexity index is 1210. The molecular weight excluding hydrogens is 447 g/mol. The van der Waals surface area contributed by atoms with Crippen LogP contribution in [-0.2, 0) is 16.6 Å². The fraction of sp³-hybridized carbons (Fsp3) is 0.300. The van der Waals surface area contributed by atoms with Crippen molar-refractivity contribution in [2.45, 2.75) is 36.7 Å². The molecule has 7 nitrogen and oxygen atoms in total. The van der Waals surface area contributed by atoms with E-state index in [0.29, 0.717) is 19.5 Å². The van der Waals surface area contributed by atoms with Crippen LogP contribution in [0.5, 0.6) is 0 Å². The number of fused-ring (bicyclic) bond motifs is 1. The number of benzene rings is 2. The Balaban J connectivity index is 1.41. The number of para-hydroxylation sites is 2. The van der Waals surface area contributed by atoms with Gasteiger partial charge in [0.25, 0.3) is 5.91 Å². The summed E-state index contributed by atoms with van der Waals surface area (Å²) in [7, 11) is -3.81. The van der Waals surface area contributed by atoms with Crippen molar-refractivity contribution in [3.8, 4) is 0 Å². The third kappa shape index (κ3) is 4.62. The van der Waals surface area contributed by atoms with Gasteiger partial charge >= 0.3 is 0 Å². The highest BCUT2D eigenvalue weighted by atomic mass is 35.5. The minimum Gasteiger partial charge on any atom is -0.352 e. The first-order valence-corrected chi connectivity index (χ1v) is 11.8. The number of amides is 1. The predicted octanol–water partition coefficient (Wildman–Crippen LogP) is 3.60. The van der Waals surface area contributed by atoms with Crippen molar-refractivity contribution in [3.63, 3.8) is 0 Å². The van der Waals surface area contributed by atoms with Crippen LogP contribution >= 0.6 is 23.2 Å². The van der Waals surface area contributed by atoms with E-state index in [2.05, 4.69) is 15.0 Å². The minimum atomic E-state index is -3.81. The summed E-state index contributed by atoms with van der Waals surface area (Å²) in [5, 5.41) is 2.87. The number of hydrogen-bond acceptors (Lipinski definition) is 4. The Morgan fingerprint density at radius 1 is 1.17 bits per heavy atom. The highest BCUT2D eigenvalue weighted by molar-refractivity contribution is 7.89. The molecule has 0 saturated heterocycles. The number of carbonyl (C=O) groups excluding carboxylic acids is 1. The van der Waals surface area contributed by atoms with Crippen molar-refractivity contribution >= 4 is 50.2 Å². The second kappa shape index (κ2) is 8.55. The maximum Gasteiger partial charge on any atom is 0.252 e. The van der Waals surface area contributed by atoms with Crippen LogP contribution in [0.25, 0.3) is 11.0 Å². The number of aromatic nitrogens is 2. The van der Waals surface area contributed by atoms with E-state index in [4.69, 9.17) is 23.2 Å². The van der Waals surface area contributed by atoms with E-state index in [-0.39, 0.29) is 26.5 Å². The van der Waals surface area contributed by atoms with Crippen LogP contribution in [0.15, 0.2) is 47.6 Å². The Kier molecular flexibility index (Phi) is 6.02. The number of aryl methyl sites for hydroxylation is 1. The number of imidazole rings is 1. The molecule has 2 N–H and O–H groups in total. The number of carbonyl (C=O) groups is 1. The monoisotopic (exact) mass is 466 g/mol. The first-order chi connectivity index (χ1) is 14.3. The van der Waals surface area contributed by atoms with Gasteiger partial charge in [0.1, 0.15) is 4.90 Å². The Hall–Kier alpha value is -2.13. The smallest absolute Gasteiger partial charge is 0.252 e. The van der Waals surface area contributed by atoms with Gasteiger partial charge in [-0.2, -0.15) is 0 Å². The molecule has 1 aliphatic carbocycles. The average molecular weight is 467 g/mol. The maximum absolute atomic E-state index is 12.6. The number of sulfonamides is 1. The topological polar surface area (TPSA) is 93.1 Å². The van der Waals surface area contributed by atoms with Crippen molar-refractivity contribution < 1.29 is 13.2 Å². The van der Waals surface area contributed by atoms with Crippen LogP contribution in [0.4, 0.5) is 0 Å². The maximum atomic E-state index is 12.6. The van der Waals surface area contributed by atoms with Crippen molar-refractivity contribution in [2.75, 3.05) is 6.54 Å². The molecule has 0 radical (unpaired) electrons. The van der Waals surface area contributed by atoms with Gasteiger partial charge in [-0.05, 0) is 43.5 Å². The zero-order valence-corrected chi connectivity index (χ0v) is 18.3. The van der Waals surface area contributed by atoms with E-state index >= 15 is 0 Å². The lowest BCUT2D eigenvalue weighted by atomic mass is 10.2. The molecule has 158 valence electrons. The molecular formula is C20H20Cl2N4O3S. The first kappa shape index (κ1) is 21.1. The zero-order valence-electron chi connectivity index (χ0n) is 15.9. The van der Waals surface area contributed by atoms with Crippen molar-refractivity contribution in [1.29, 1.82) is 0 Å². The number of nitrogens with zero attached hydrogens (tertiary/aromatic N) is 2. The first-order valence-electron chi connectivity index (χ1n) is 9.54. The summed E-state index contributed by atoms with van der Waals surface area (Å²) < 4.78 is 29.6. The van der Waals surface area contributed by atoms with E-state index in [1.54, 1.807) is 6.33 Å². The lowest BCUT2D eigenvalue weighted by molar-refractivity contribution is 0.0952. The zero-order chi connectivity index (χ0) is 21.3. The van der Waals surface area contributed by atoms with E-state index < -0.39 is 15.9 Å². The lowest BCUT2D eigenvalue weighted by Gasteiger charge is -2.12. The molecule has 0 spiro atoms. The van der Waals surface area contributed by atoms with Gasteiger partial charge in [-0.3, -0.25) is 4.79 Å². The molecule has 0 aliphatic heterocycles. The molecule has 1 amide bonds. The molecule has 1 heterocycles. The highest BCUT2D eigenvalue weighted by Gasteiger charge is 2.30. The molecule has 2 aromatic carbocycles. The number of halogens is 2. The van der Waals surface area contributed by atoms with Crippen LogP contribution < -0.4 is 10.0 Å². The Labute approximate surface area is 184 Å². The summed E-state index contributed by atoms with van der Waals surface area (Å²) in [5.74, 6) is -0.449. The van der Waals surface area contributed by atoms with Gasteiger partial charge in [0.2, 0.25) is 10.0 Å². The van der Waals surface area contributed by atoms with Crippen LogP contribution in [0.2, 0.25) is 10.0 Å². The molecule has 1 saturated carbocycles. The van der Waals surface area contributed by atoms with Crippen molar-refractivity contribution in [3.05, 3.63) is 58.3 Å². The van der Waals surface area contributed by atoms with Gasteiger partial charge in [0, 0.05) is 19.1 Å². The van der Waals surface area contributed by atoms with Crippen LogP contribution in [0, 0.1) is 0 Å². The second-order valence-corrected chi connectivity index (χ2v) is 9.69. The summed E-state index contributed by atoms with van der Waals surface area (Å²) in [6, 6.07) is 10.3. The largest absolute Gasteiger partial charge is 0.352 e. The molecule has 0 unspecified atom stereocenters. The van der Waals surface area contributed by atoms with Crippen LogP contribution in [-0.4, -0.2) is 36.5 Å². The van der Waals surface area contributed by atoms with Crippen molar-refractivity contribution in [2.24, 2.45) is 0 Å². The molecule has 0 bridgehead atoms. The van der Waals surface area contributed by atoms with Crippen molar-refractivity contribution in [1.82, 2.24) is 19.6 Å². The molecule has 3 aromatic rings. The van der Waals surface area contributed by atoms with Crippen LogP contribution in [0.3, 0.4) is 0 Å². The normalized spacial score (nSPS) is 14.2. The number of rotatable bonds is 8. The van der Waals surface area contributed by atoms with E-state index in [0.717, 1.165) is 23.9 Å².